The molecular formula is C29H28N4O7. The standard InChI is InChI=1S/C29H28N4O7/c34-26-8-4-10-31-27(35)19-12-20(29(37)38)14-22(13-19)40-21-6-3-5-18(11-21)17-39-25-16-33(15-24(25)32-26)28(36)23-7-1-2-9-30-23/h1-3,5-7,9,11-14,24-25H,4,8,10,15-17H2,(H,31,35)(H,32,34)(H,37,38)/t24-,25-/m0/s1. The SMILES string of the molecule is O=C1CCCNC(=O)c2cc(cc(C(=O)O)c2)Oc2cccc(c2)CO[C@H]2CN(C(=O)c3ccccn3)C[C@@H]2N1. The second-order valence-corrected chi connectivity index (χ2v) is 9.61. The first-order chi connectivity index (χ1) is 19.4. The molecule has 3 heterocycles. The minimum absolute atomic E-state index is 0.0898. The molecular weight excluding hydrogens is 516 g/mol. The van der Waals surface area contributed by atoms with Crippen LogP contribution in [-0.2, 0) is 16.1 Å². The smallest absolute Gasteiger partial charge is 0.335 e. The van der Waals surface area contributed by atoms with Crippen LogP contribution < -0.4 is 15.4 Å². The quantitative estimate of drug-likeness (QED) is 0.446. The molecule has 0 spiro atoms. The zero-order valence-electron chi connectivity index (χ0n) is 21.5. The highest BCUT2D eigenvalue weighted by Crippen LogP contribution is 2.26. The molecule has 0 radical (unpaired) electrons. The van der Waals surface area contributed by atoms with Crippen LogP contribution in [0.1, 0.15) is 49.6 Å². The lowest BCUT2D eigenvalue weighted by Gasteiger charge is -2.20. The van der Waals surface area contributed by atoms with E-state index in [1.807, 2.05) is 6.07 Å². The van der Waals surface area contributed by atoms with Gasteiger partial charge >= 0.3 is 5.97 Å². The average molecular weight is 545 g/mol. The van der Waals surface area contributed by atoms with Crippen LogP contribution in [0, 0.1) is 0 Å². The summed E-state index contributed by atoms with van der Waals surface area (Å²) in [6, 6.07) is 15.9. The van der Waals surface area contributed by atoms with Crippen molar-refractivity contribution in [3.05, 3.63) is 89.2 Å². The number of benzene rings is 2. The molecule has 5 rings (SSSR count). The van der Waals surface area contributed by atoms with E-state index in [0.29, 0.717) is 17.9 Å². The maximum absolute atomic E-state index is 13.0. The van der Waals surface area contributed by atoms with E-state index in [2.05, 4.69) is 15.6 Å². The van der Waals surface area contributed by atoms with Crippen LogP contribution in [0.25, 0.3) is 0 Å². The summed E-state index contributed by atoms with van der Waals surface area (Å²) in [6.45, 7) is 0.933. The summed E-state index contributed by atoms with van der Waals surface area (Å²) in [5.41, 5.74) is 1.12. The van der Waals surface area contributed by atoms with Gasteiger partial charge < -0.3 is 30.1 Å². The molecule has 40 heavy (non-hydrogen) atoms. The maximum Gasteiger partial charge on any atom is 0.335 e. The second-order valence-electron chi connectivity index (χ2n) is 9.61. The first-order valence-corrected chi connectivity index (χ1v) is 12.9. The van der Waals surface area contributed by atoms with Gasteiger partial charge in [-0.2, -0.15) is 0 Å². The van der Waals surface area contributed by atoms with E-state index in [9.17, 15) is 24.3 Å². The van der Waals surface area contributed by atoms with E-state index in [4.69, 9.17) is 9.47 Å². The van der Waals surface area contributed by atoms with E-state index >= 15 is 0 Å². The van der Waals surface area contributed by atoms with Crippen molar-refractivity contribution < 1.29 is 33.8 Å². The fraction of sp³-hybridized carbons (Fsp3) is 0.276. The van der Waals surface area contributed by atoms with E-state index < -0.39 is 24.0 Å². The number of aromatic nitrogens is 1. The van der Waals surface area contributed by atoms with Gasteiger partial charge in [-0.15, -0.1) is 0 Å². The van der Waals surface area contributed by atoms with Gasteiger partial charge in [0.15, 0.2) is 0 Å². The number of nitrogens with zero attached hydrogens (tertiary/aromatic N) is 2. The van der Waals surface area contributed by atoms with Crippen molar-refractivity contribution in [3.63, 3.8) is 0 Å². The van der Waals surface area contributed by atoms with Crippen LogP contribution in [0.15, 0.2) is 66.9 Å². The summed E-state index contributed by atoms with van der Waals surface area (Å²) in [7, 11) is 0. The van der Waals surface area contributed by atoms with E-state index in [1.54, 1.807) is 47.5 Å². The highest BCUT2D eigenvalue weighted by atomic mass is 16.5. The van der Waals surface area contributed by atoms with Gasteiger partial charge in [0.2, 0.25) is 5.91 Å². The lowest BCUT2D eigenvalue weighted by Crippen LogP contribution is -2.44. The maximum atomic E-state index is 13.0. The molecule has 11 heteroatoms. The van der Waals surface area contributed by atoms with E-state index in [-0.39, 0.29) is 61.4 Å². The van der Waals surface area contributed by atoms with Crippen LogP contribution in [0.3, 0.4) is 0 Å². The van der Waals surface area contributed by atoms with Gasteiger partial charge in [-0.25, -0.2) is 4.79 Å². The Morgan fingerprint density at radius 3 is 2.67 bits per heavy atom. The summed E-state index contributed by atoms with van der Waals surface area (Å²) in [4.78, 5) is 56.0. The predicted octanol–water partition coefficient (Wildman–Crippen LogP) is 2.62. The van der Waals surface area contributed by atoms with Gasteiger partial charge in [-0.05, 0) is 54.4 Å². The average Bonchev–Trinajstić information content (AvgIpc) is 3.36. The molecule has 2 aromatic carbocycles. The first kappa shape index (κ1) is 26.8. The summed E-state index contributed by atoms with van der Waals surface area (Å²) in [6.07, 6.45) is 1.59. The van der Waals surface area contributed by atoms with Gasteiger partial charge in [0.1, 0.15) is 17.2 Å². The molecule has 0 saturated carbocycles. The molecule has 206 valence electrons. The Bertz CT molecular complexity index is 1430. The fourth-order valence-corrected chi connectivity index (χ4v) is 4.68. The van der Waals surface area contributed by atoms with E-state index in [1.165, 1.54) is 18.2 Å². The lowest BCUT2D eigenvalue weighted by atomic mass is 10.1. The highest BCUT2D eigenvalue weighted by molar-refractivity contribution is 5.98. The molecule has 2 aliphatic rings. The monoisotopic (exact) mass is 544 g/mol. The van der Waals surface area contributed by atoms with Crippen LogP contribution in [-0.4, -0.2) is 70.5 Å². The minimum atomic E-state index is -1.19. The lowest BCUT2D eigenvalue weighted by molar-refractivity contribution is -0.122. The number of rotatable bonds is 2. The zero-order chi connectivity index (χ0) is 28.1. The van der Waals surface area contributed by atoms with Crippen LogP contribution in [0.2, 0.25) is 0 Å². The molecule has 0 aliphatic carbocycles. The number of carbonyl (C=O) groups excluding carboxylic acids is 3. The Kier molecular flexibility index (Phi) is 8.02. The molecule has 4 bridgehead atoms. The van der Waals surface area contributed by atoms with Crippen molar-refractivity contribution in [2.75, 3.05) is 19.6 Å². The number of hydrogen-bond donors (Lipinski definition) is 3. The molecule has 0 unspecified atom stereocenters. The number of likely N-dealkylation sites (tertiary alicyclic amines) is 1. The van der Waals surface area contributed by atoms with Crippen molar-refractivity contribution in [2.24, 2.45) is 0 Å². The van der Waals surface area contributed by atoms with Crippen molar-refractivity contribution in [3.8, 4) is 11.5 Å². The van der Waals surface area contributed by atoms with Crippen molar-refractivity contribution in [1.29, 1.82) is 0 Å². The Labute approximate surface area is 230 Å². The molecule has 11 nitrogen and oxygen atoms in total. The third-order valence-corrected chi connectivity index (χ3v) is 6.66. The number of carbonyl (C=O) groups is 4. The van der Waals surface area contributed by atoms with Gasteiger partial charge in [0, 0.05) is 37.8 Å². The van der Waals surface area contributed by atoms with Crippen LogP contribution in [0.4, 0.5) is 0 Å². The first-order valence-electron chi connectivity index (χ1n) is 12.9. The third-order valence-electron chi connectivity index (χ3n) is 6.66. The number of aromatic carboxylic acids is 1. The number of carboxylic acids is 1. The number of ether oxygens (including phenoxy) is 2. The number of fused-ring (bicyclic) bond motifs is 5. The van der Waals surface area contributed by atoms with Gasteiger partial charge in [-0.3, -0.25) is 19.4 Å². The summed E-state index contributed by atoms with van der Waals surface area (Å²) >= 11 is 0. The Morgan fingerprint density at radius 2 is 1.88 bits per heavy atom. The molecule has 3 N–H and O–H groups in total. The minimum Gasteiger partial charge on any atom is -0.478 e. The number of carboxylic acid groups (broad SMARTS) is 1. The molecule has 1 saturated heterocycles. The number of amides is 3. The van der Waals surface area contributed by atoms with Crippen molar-refractivity contribution >= 4 is 23.7 Å². The van der Waals surface area contributed by atoms with Gasteiger partial charge in [0.25, 0.3) is 11.8 Å². The Hall–Kier alpha value is -4.77. The molecule has 2 atom stereocenters. The number of nitrogens with one attached hydrogen (secondary N) is 2. The Balaban J connectivity index is 1.39. The predicted molar refractivity (Wildman–Crippen MR) is 142 cm³/mol. The number of pyridine rings is 1. The normalized spacial score (nSPS) is 19.8. The molecule has 1 aromatic heterocycles. The Morgan fingerprint density at radius 1 is 1.00 bits per heavy atom. The molecule has 1 fully saturated rings. The third kappa shape index (κ3) is 6.44. The summed E-state index contributed by atoms with van der Waals surface area (Å²) in [5, 5.41) is 15.2. The fourth-order valence-electron chi connectivity index (χ4n) is 4.68. The topological polar surface area (TPSA) is 147 Å². The van der Waals surface area contributed by atoms with Crippen molar-refractivity contribution in [2.45, 2.75) is 31.6 Å². The van der Waals surface area contributed by atoms with Crippen LogP contribution >= 0.6 is 0 Å². The van der Waals surface area contributed by atoms with Crippen LogP contribution in [0.5, 0.6) is 11.5 Å². The second kappa shape index (κ2) is 12.0. The van der Waals surface area contributed by atoms with E-state index in [0.717, 1.165) is 5.56 Å². The largest absolute Gasteiger partial charge is 0.478 e. The summed E-state index contributed by atoms with van der Waals surface area (Å²) in [5.74, 6) is -1.52. The molecule has 3 aromatic rings. The van der Waals surface area contributed by atoms with Gasteiger partial charge in [-0.1, -0.05) is 18.2 Å². The highest BCUT2D eigenvalue weighted by Gasteiger charge is 2.37. The number of hydrogen-bond acceptors (Lipinski definition) is 7. The zero-order valence-corrected chi connectivity index (χ0v) is 21.5. The van der Waals surface area contributed by atoms with Crippen molar-refractivity contribution in [1.82, 2.24) is 20.5 Å². The van der Waals surface area contributed by atoms with Gasteiger partial charge in [0.05, 0.1) is 24.3 Å². The molecule has 2 aliphatic heterocycles. The summed E-state index contributed by atoms with van der Waals surface area (Å²) < 4.78 is 12.1. The molecule has 3 amide bonds.